The second-order valence-electron chi connectivity index (χ2n) is 6.90. The largest absolute Gasteiger partial charge is 0.321 e. The van der Waals surface area contributed by atoms with Crippen LogP contribution in [0.15, 0.2) is 89.8 Å². The molecular weight excluding hydrogens is 386 g/mol. The van der Waals surface area contributed by atoms with Gasteiger partial charge in [-0.2, -0.15) is 0 Å². The van der Waals surface area contributed by atoms with Crippen LogP contribution in [-0.2, 0) is 14.8 Å². The van der Waals surface area contributed by atoms with Gasteiger partial charge in [0.25, 0.3) is 5.91 Å². The van der Waals surface area contributed by atoms with Gasteiger partial charge in [-0.15, -0.1) is 0 Å². The Kier molecular flexibility index (Phi) is 6.43. The molecule has 0 saturated heterocycles. The maximum Gasteiger partial charge on any atom is 0.279 e. The van der Waals surface area contributed by atoms with Crippen LogP contribution in [-0.4, -0.2) is 27.9 Å². The Balaban J connectivity index is 1.74. The highest BCUT2D eigenvalue weighted by Crippen LogP contribution is 2.18. The van der Waals surface area contributed by atoms with Gasteiger partial charge in [0.2, 0.25) is 10.0 Å². The predicted molar refractivity (Wildman–Crippen MR) is 113 cm³/mol. The van der Waals surface area contributed by atoms with Gasteiger partial charge in [0.05, 0.1) is 11.9 Å². The fourth-order valence-electron chi connectivity index (χ4n) is 3.34. The molecule has 150 valence electrons. The lowest BCUT2D eigenvalue weighted by atomic mass is 9.97. The molecule has 0 aliphatic rings. The molecule has 0 aliphatic heterocycles. The molecule has 1 unspecified atom stereocenters. The lowest BCUT2D eigenvalue weighted by molar-refractivity contribution is -0.897. The van der Waals surface area contributed by atoms with Crippen molar-refractivity contribution in [3.8, 4) is 0 Å². The van der Waals surface area contributed by atoms with Crippen LogP contribution >= 0.6 is 0 Å². The fraction of sp³-hybridized carbons (Fsp3) is 0.136. The van der Waals surface area contributed by atoms with Gasteiger partial charge in [-0.3, -0.25) is 4.79 Å². The van der Waals surface area contributed by atoms with Crippen LogP contribution in [0.25, 0.3) is 0 Å². The van der Waals surface area contributed by atoms with Crippen LogP contribution in [0.5, 0.6) is 0 Å². The van der Waals surface area contributed by atoms with Gasteiger partial charge < -0.3 is 10.2 Å². The maximum absolute atomic E-state index is 12.6. The van der Waals surface area contributed by atoms with E-state index in [1.54, 1.807) is 0 Å². The number of amides is 1. The number of quaternary nitrogens is 1. The molecule has 29 heavy (non-hydrogen) atoms. The number of hydrogen-bond donors (Lipinski definition) is 3. The summed E-state index contributed by atoms with van der Waals surface area (Å²) < 4.78 is 22.7. The number of nitrogens with two attached hydrogens (primary N) is 1. The molecule has 0 bridgehead atoms. The number of primary sulfonamides is 1. The van der Waals surface area contributed by atoms with E-state index in [0.717, 1.165) is 16.0 Å². The zero-order valence-electron chi connectivity index (χ0n) is 16.1. The number of carbonyl (C=O) groups is 1. The van der Waals surface area contributed by atoms with Crippen molar-refractivity contribution in [3.63, 3.8) is 0 Å². The van der Waals surface area contributed by atoms with E-state index >= 15 is 0 Å². The van der Waals surface area contributed by atoms with Gasteiger partial charge >= 0.3 is 0 Å². The number of rotatable bonds is 7. The van der Waals surface area contributed by atoms with Crippen molar-refractivity contribution in [1.82, 2.24) is 0 Å². The first-order chi connectivity index (χ1) is 13.8. The minimum absolute atomic E-state index is 0.00598. The van der Waals surface area contributed by atoms with E-state index in [1.165, 1.54) is 24.3 Å². The standard InChI is InChI=1S/C22H23N3O3S/c1-25(16-21(26)24-19-12-14-20(15-13-19)29(23,27)28)22(17-8-4-2-5-9-17)18-10-6-3-7-11-18/h2-15,22H,16H2,1H3,(H,24,26)(H2,23,27,28)/p+1. The molecule has 0 radical (unpaired) electrons. The predicted octanol–water partition coefficient (Wildman–Crippen LogP) is 1.58. The van der Waals surface area contributed by atoms with Gasteiger partial charge in [-0.05, 0) is 24.3 Å². The highest BCUT2D eigenvalue weighted by molar-refractivity contribution is 7.89. The molecule has 6 nitrogen and oxygen atoms in total. The average Bonchev–Trinajstić information content (AvgIpc) is 2.69. The van der Waals surface area contributed by atoms with E-state index < -0.39 is 10.0 Å². The van der Waals surface area contributed by atoms with Crippen molar-refractivity contribution in [1.29, 1.82) is 0 Å². The second-order valence-corrected chi connectivity index (χ2v) is 8.46. The highest BCUT2D eigenvalue weighted by Gasteiger charge is 2.25. The summed E-state index contributed by atoms with van der Waals surface area (Å²) >= 11 is 0. The van der Waals surface area contributed by atoms with E-state index in [1.807, 2.05) is 43.4 Å². The van der Waals surface area contributed by atoms with Gasteiger partial charge in [0.1, 0.15) is 6.04 Å². The summed E-state index contributed by atoms with van der Waals surface area (Å²) in [6, 6.07) is 26.0. The number of likely N-dealkylation sites (N-methyl/N-ethyl adjacent to an activating group) is 1. The molecule has 4 N–H and O–H groups in total. The summed E-state index contributed by atoms with van der Waals surface area (Å²) in [5.74, 6) is -0.164. The first-order valence-corrected chi connectivity index (χ1v) is 10.7. The summed E-state index contributed by atoms with van der Waals surface area (Å²) in [6.07, 6.45) is 0. The number of sulfonamides is 1. The van der Waals surface area contributed by atoms with E-state index in [-0.39, 0.29) is 23.4 Å². The fourth-order valence-corrected chi connectivity index (χ4v) is 3.86. The van der Waals surface area contributed by atoms with Crippen LogP contribution in [0, 0.1) is 0 Å². The summed E-state index contributed by atoms with van der Waals surface area (Å²) in [4.78, 5) is 13.6. The van der Waals surface area contributed by atoms with Crippen molar-refractivity contribution in [2.24, 2.45) is 5.14 Å². The molecule has 1 amide bonds. The van der Waals surface area contributed by atoms with Crippen LogP contribution in [0.3, 0.4) is 0 Å². The first-order valence-electron chi connectivity index (χ1n) is 9.19. The molecule has 3 aromatic rings. The van der Waals surface area contributed by atoms with Crippen LogP contribution in [0.1, 0.15) is 17.2 Å². The minimum atomic E-state index is -3.76. The van der Waals surface area contributed by atoms with E-state index in [2.05, 4.69) is 29.6 Å². The number of benzene rings is 3. The molecule has 0 heterocycles. The average molecular weight is 411 g/mol. The van der Waals surface area contributed by atoms with Crippen molar-refractivity contribution in [3.05, 3.63) is 96.1 Å². The van der Waals surface area contributed by atoms with Crippen molar-refractivity contribution >= 4 is 21.6 Å². The molecule has 7 heteroatoms. The molecule has 0 aromatic heterocycles. The summed E-state index contributed by atoms with van der Waals surface area (Å²) in [5.41, 5.74) is 2.77. The summed E-state index contributed by atoms with van der Waals surface area (Å²) in [5, 5.41) is 7.91. The third-order valence-electron chi connectivity index (χ3n) is 4.66. The number of nitrogens with one attached hydrogen (secondary N) is 2. The Hall–Kier alpha value is -3.00. The topological polar surface area (TPSA) is 93.7 Å². The van der Waals surface area contributed by atoms with Gasteiger partial charge in [-0.1, -0.05) is 60.7 Å². The Morgan fingerprint density at radius 1 is 0.897 bits per heavy atom. The lowest BCUT2D eigenvalue weighted by Crippen LogP contribution is -3.10. The third kappa shape index (κ3) is 5.51. The normalized spacial score (nSPS) is 12.5. The first kappa shape index (κ1) is 20.7. The summed E-state index contributed by atoms with van der Waals surface area (Å²) in [6.45, 7) is 0.241. The molecule has 0 saturated carbocycles. The Labute approximate surface area is 171 Å². The third-order valence-corrected chi connectivity index (χ3v) is 5.59. The quantitative estimate of drug-likeness (QED) is 0.552. The minimum Gasteiger partial charge on any atom is -0.321 e. The zero-order valence-corrected chi connectivity index (χ0v) is 16.9. The smallest absolute Gasteiger partial charge is 0.279 e. The maximum atomic E-state index is 12.6. The van der Waals surface area contributed by atoms with Crippen molar-refractivity contribution in [2.75, 3.05) is 18.9 Å². The van der Waals surface area contributed by atoms with Crippen LogP contribution in [0.2, 0.25) is 0 Å². The molecule has 0 fully saturated rings. The van der Waals surface area contributed by atoms with Crippen molar-refractivity contribution < 1.29 is 18.1 Å². The SMILES string of the molecule is C[NH+](CC(=O)Nc1ccc(S(N)(=O)=O)cc1)C(c1ccccc1)c1ccccc1. The zero-order chi connectivity index (χ0) is 20.9. The van der Waals surface area contributed by atoms with Gasteiger partial charge in [0, 0.05) is 16.8 Å². The van der Waals surface area contributed by atoms with E-state index in [0.29, 0.717) is 5.69 Å². The Morgan fingerprint density at radius 2 is 1.38 bits per heavy atom. The summed E-state index contributed by atoms with van der Waals surface area (Å²) in [7, 11) is -1.78. The molecular formula is C22H24N3O3S+. The second kappa shape index (κ2) is 9.00. The Morgan fingerprint density at radius 3 is 1.83 bits per heavy atom. The number of anilines is 1. The molecule has 0 spiro atoms. The van der Waals surface area contributed by atoms with Crippen LogP contribution in [0.4, 0.5) is 5.69 Å². The molecule has 1 atom stereocenters. The number of carbonyl (C=O) groups excluding carboxylic acids is 1. The van der Waals surface area contributed by atoms with Gasteiger partial charge in [-0.25, -0.2) is 13.6 Å². The number of hydrogen-bond acceptors (Lipinski definition) is 3. The van der Waals surface area contributed by atoms with E-state index in [9.17, 15) is 13.2 Å². The molecule has 3 aromatic carbocycles. The molecule has 0 aliphatic carbocycles. The van der Waals surface area contributed by atoms with Crippen LogP contribution < -0.4 is 15.4 Å². The Bertz CT molecular complexity index is 1010. The monoisotopic (exact) mass is 410 g/mol. The highest BCUT2D eigenvalue weighted by atomic mass is 32.2. The molecule has 3 rings (SSSR count). The lowest BCUT2D eigenvalue weighted by Gasteiger charge is -2.25. The van der Waals surface area contributed by atoms with E-state index in [4.69, 9.17) is 5.14 Å². The van der Waals surface area contributed by atoms with Crippen molar-refractivity contribution in [2.45, 2.75) is 10.9 Å². The van der Waals surface area contributed by atoms with Gasteiger partial charge in [0.15, 0.2) is 6.54 Å².